The standard InChI is InChI=1S/C14H12ClN3O2S/c15-10-2-1-8-5-12(19)18(11(8)6-10)7-9-3-4-21-13(9)14(20)17-16/h1-4,6H,5,7,16H2,(H,17,20). The topological polar surface area (TPSA) is 75.4 Å². The number of carbonyl (C=O) groups is 2. The third-order valence-electron chi connectivity index (χ3n) is 3.39. The molecule has 5 nitrogen and oxygen atoms in total. The van der Waals surface area contributed by atoms with Gasteiger partial charge in [0.05, 0.1) is 17.8 Å². The van der Waals surface area contributed by atoms with Crippen LogP contribution in [-0.2, 0) is 17.8 Å². The molecule has 3 N–H and O–H groups in total. The highest BCUT2D eigenvalue weighted by atomic mass is 35.5. The number of carbonyl (C=O) groups excluding carboxylic acids is 2. The van der Waals surface area contributed by atoms with Crippen LogP contribution in [0.1, 0.15) is 20.8 Å². The Hall–Kier alpha value is -1.89. The minimum atomic E-state index is -0.349. The average molecular weight is 322 g/mol. The Morgan fingerprint density at radius 1 is 1.43 bits per heavy atom. The van der Waals surface area contributed by atoms with E-state index in [9.17, 15) is 9.59 Å². The number of nitrogens with two attached hydrogens (primary N) is 1. The molecular formula is C14H12ClN3O2S. The normalized spacial score (nSPS) is 13.4. The lowest BCUT2D eigenvalue weighted by atomic mass is 10.1. The molecule has 0 bridgehead atoms. The summed E-state index contributed by atoms with van der Waals surface area (Å²) in [5.74, 6) is 4.82. The molecule has 2 aromatic rings. The van der Waals surface area contributed by atoms with Crippen molar-refractivity contribution in [3.8, 4) is 0 Å². The van der Waals surface area contributed by atoms with E-state index in [1.165, 1.54) is 11.3 Å². The number of halogens is 1. The zero-order chi connectivity index (χ0) is 15.0. The maximum absolute atomic E-state index is 12.2. The molecular weight excluding hydrogens is 310 g/mol. The summed E-state index contributed by atoms with van der Waals surface area (Å²) in [6.45, 7) is 0.332. The van der Waals surface area contributed by atoms with E-state index in [2.05, 4.69) is 5.43 Å². The highest BCUT2D eigenvalue weighted by molar-refractivity contribution is 7.12. The van der Waals surface area contributed by atoms with Crippen LogP contribution in [0.5, 0.6) is 0 Å². The molecule has 0 saturated heterocycles. The molecule has 0 aliphatic carbocycles. The Morgan fingerprint density at radius 3 is 3.00 bits per heavy atom. The van der Waals surface area contributed by atoms with E-state index in [0.717, 1.165) is 16.8 Å². The minimum Gasteiger partial charge on any atom is -0.307 e. The maximum atomic E-state index is 12.2. The smallest absolute Gasteiger partial charge is 0.275 e. The summed E-state index contributed by atoms with van der Waals surface area (Å²) in [4.78, 5) is 26.0. The fourth-order valence-corrected chi connectivity index (χ4v) is 3.38. The molecule has 21 heavy (non-hydrogen) atoms. The van der Waals surface area contributed by atoms with Gasteiger partial charge in [0.15, 0.2) is 0 Å². The fourth-order valence-electron chi connectivity index (χ4n) is 2.40. The molecule has 0 fully saturated rings. The van der Waals surface area contributed by atoms with Crippen molar-refractivity contribution in [1.82, 2.24) is 5.43 Å². The maximum Gasteiger partial charge on any atom is 0.275 e. The van der Waals surface area contributed by atoms with Gasteiger partial charge < -0.3 is 4.90 Å². The van der Waals surface area contributed by atoms with Crippen LogP contribution >= 0.6 is 22.9 Å². The molecule has 1 aromatic heterocycles. The average Bonchev–Trinajstić information content (AvgIpc) is 3.04. The first kappa shape index (κ1) is 14.1. The van der Waals surface area contributed by atoms with Gasteiger partial charge in [-0.3, -0.25) is 15.0 Å². The number of anilines is 1. The van der Waals surface area contributed by atoms with E-state index in [1.807, 2.05) is 12.1 Å². The van der Waals surface area contributed by atoms with E-state index in [4.69, 9.17) is 17.4 Å². The van der Waals surface area contributed by atoms with Crippen molar-refractivity contribution < 1.29 is 9.59 Å². The number of nitrogen functional groups attached to an aromatic ring is 1. The molecule has 7 heteroatoms. The quantitative estimate of drug-likeness (QED) is 0.516. The van der Waals surface area contributed by atoms with Crippen molar-refractivity contribution >= 4 is 40.4 Å². The van der Waals surface area contributed by atoms with E-state index in [0.29, 0.717) is 22.9 Å². The lowest BCUT2D eigenvalue weighted by Gasteiger charge is -2.17. The number of fused-ring (bicyclic) bond motifs is 1. The molecule has 1 aliphatic heterocycles. The third kappa shape index (κ3) is 2.53. The van der Waals surface area contributed by atoms with Crippen molar-refractivity contribution in [3.05, 3.63) is 50.7 Å². The van der Waals surface area contributed by atoms with Crippen molar-refractivity contribution in [1.29, 1.82) is 0 Å². The van der Waals surface area contributed by atoms with Crippen LogP contribution in [0, 0.1) is 0 Å². The Balaban J connectivity index is 1.93. The number of benzene rings is 1. The Morgan fingerprint density at radius 2 is 2.24 bits per heavy atom. The second-order valence-corrected chi connectivity index (χ2v) is 6.03. The Kier molecular flexibility index (Phi) is 3.67. The van der Waals surface area contributed by atoms with Crippen LogP contribution in [-0.4, -0.2) is 11.8 Å². The number of hydrogen-bond acceptors (Lipinski definition) is 4. The van der Waals surface area contributed by atoms with Gasteiger partial charge in [-0.1, -0.05) is 17.7 Å². The summed E-state index contributed by atoms with van der Waals surface area (Å²) in [5.41, 5.74) is 4.64. The molecule has 0 radical (unpaired) electrons. The van der Waals surface area contributed by atoms with E-state index in [1.54, 1.807) is 22.4 Å². The summed E-state index contributed by atoms with van der Waals surface area (Å²) in [5, 5.41) is 2.39. The Labute approximate surface area is 130 Å². The van der Waals surface area contributed by atoms with E-state index < -0.39 is 0 Å². The van der Waals surface area contributed by atoms with Crippen molar-refractivity contribution in [2.45, 2.75) is 13.0 Å². The van der Waals surface area contributed by atoms with Crippen LogP contribution < -0.4 is 16.2 Å². The van der Waals surface area contributed by atoms with Gasteiger partial charge in [0, 0.05) is 10.7 Å². The van der Waals surface area contributed by atoms with Crippen molar-refractivity contribution in [2.75, 3.05) is 4.90 Å². The molecule has 0 spiro atoms. The van der Waals surface area contributed by atoms with Gasteiger partial charge in [-0.25, -0.2) is 5.84 Å². The largest absolute Gasteiger partial charge is 0.307 e. The van der Waals surface area contributed by atoms with Crippen LogP contribution in [0.25, 0.3) is 0 Å². The zero-order valence-corrected chi connectivity index (χ0v) is 12.5. The van der Waals surface area contributed by atoms with Crippen LogP contribution in [0.15, 0.2) is 29.6 Å². The second-order valence-electron chi connectivity index (χ2n) is 4.68. The highest BCUT2D eigenvalue weighted by Gasteiger charge is 2.28. The zero-order valence-electron chi connectivity index (χ0n) is 10.9. The molecule has 1 aliphatic rings. The molecule has 2 heterocycles. The number of nitrogens with one attached hydrogen (secondary N) is 1. The molecule has 0 atom stereocenters. The van der Waals surface area contributed by atoms with Gasteiger partial charge in [-0.15, -0.1) is 11.3 Å². The molecule has 108 valence electrons. The second kappa shape index (κ2) is 5.48. The summed E-state index contributed by atoms with van der Waals surface area (Å²) in [6, 6.07) is 7.23. The Bertz CT molecular complexity index is 729. The summed E-state index contributed by atoms with van der Waals surface area (Å²) < 4.78 is 0. The molecule has 3 rings (SSSR count). The van der Waals surface area contributed by atoms with Gasteiger partial charge in [0.25, 0.3) is 5.91 Å². The number of rotatable bonds is 3. The first-order chi connectivity index (χ1) is 10.1. The number of thiophene rings is 1. The van der Waals surface area contributed by atoms with Crippen LogP contribution in [0.2, 0.25) is 5.02 Å². The van der Waals surface area contributed by atoms with Crippen molar-refractivity contribution in [3.63, 3.8) is 0 Å². The van der Waals surface area contributed by atoms with Gasteiger partial charge in [0.2, 0.25) is 5.91 Å². The molecule has 1 aromatic carbocycles. The SMILES string of the molecule is NNC(=O)c1sccc1CN1C(=O)Cc2ccc(Cl)cc21. The fraction of sp³-hybridized carbons (Fsp3) is 0.143. The monoisotopic (exact) mass is 321 g/mol. The summed E-state index contributed by atoms with van der Waals surface area (Å²) in [7, 11) is 0. The molecule has 2 amide bonds. The van der Waals surface area contributed by atoms with Crippen LogP contribution in [0.4, 0.5) is 5.69 Å². The van der Waals surface area contributed by atoms with Crippen LogP contribution in [0.3, 0.4) is 0 Å². The lowest BCUT2D eigenvalue weighted by Crippen LogP contribution is -2.31. The molecule has 0 unspecified atom stereocenters. The predicted octanol–water partition coefficient (Wildman–Crippen LogP) is 2.09. The lowest BCUT2D eigenvalue weighted by molar-refractivity contribution is -0.117. The predicted molar refractivity (Wildman–Crippen MR) is 82.3 cm³/mol. The third-order valence-corrected chi connectivity index (χ3v) is 4.58. The minimum absolute atomic E-state index is 0.00225. The highest BCUT2D eigenvalue weighted by Crippen LogP contribution is 2.33. The number of hydrazine groups is 1. The van der Waals surface area contributed by atoms with E-state index in [-0.39, 0.29) is 11.8 Å². The van der Waals surface area contributed by atoms with Gasteiger partial charge in [-0.05, 0) is 34.7 Å². The number of amides is 2. The van der Waals surface area contributed by atoms with Gasteiger partial charge >= 0.3 is 0 Å². The first-order valence-corrected chi connectivity index (χ1v) is 7.52. The van der Waals surface area contributed by atoms with Gasteiger partial charge in [-0.2, -0.15) is 0 Å². The van der Waals surface area contributed by atoms with Gasteiger partial charge in [0.1, 0.15) is 0 Å². The van der Waals surface area contributed by atoms with E-state index >= 15 is 0 Å². The number of nitrogens with zero attached hydrogens (tertiary/aromatic N) is 1. The number of hydrogen-bond donors (Lipinski definition) is 2. The summed E-state index contributed by atoms with van der Waals surface area (Å²) in [6.07, 6.45) is 0.356. The summed E-state index contributed by atoms with van der Waals surface area (Å²) >= 11 is 7.30. The first-order valence-electron chi connectivity index (χ1n) is 6.26. The van der Waals surface area contributed by atoms with Crippen molar-refractivity contribution in [2.24, 2.45) is 5.84 Å². The molecule has 0 saturated carbocycles.